The van der Waals surface area contributed by atoms with E-state index in [0.717, 1.165) is 25.8 Å². The van der Waals surface area contributed by atoms with E-state index in [4.69, 9.17) is 10.8 Å². The topological polar surface area (TPSA) is 63.3 Å². The van der Waals surface area contributed by atoms with Crippen LogP contribution in [0.3, 0.4) is 0 Å². The van der Waals surface area contributed by atoms with Crippen LogP contribution < -0.4 is 5.73 Å². The van der Waals surface area contributed by atoms with Gasteiger partial charge in [-0.2, -0.15) is 0 Å². The van der Waals surface area contributed by atoms with Crippen molar-refractivity contribution in [2.45, 2.75) is 58.3 Å². The van der Waals surface area contributed by atoms with E-state index >= 15 is 0 Å². The number of carboxylic acids is 1. The van der Waals surface area contributed by atoms with Crippen molar-refractivity contribution in [3.05, 3.63) is 0 Å². The van der Waals surface area contributed by atoms with Crippen LogP contribution in [0.25, 0.3) is 0 Å². The van der Waals surface area contributed by atoms with Gasteiger partial charge in [-0.3, -0.25) is 4.79 Å². The number of hydrogen-bond acceptors (Lipinski definition) is 2. The second-order valence-corrected chi connectivity index (χ2v) is 4.40. The highest BCUT2D eigenvalue weighted by molar-refractivity contribution is 5.66. The van der Waals surface area contributed by atoms with E-state index in [1.807, 2.05) is 6.92 Å². The molecule has 0 radical (unpaired) electrons. The fraction of sp³-hybridized carbons (Fsp3) is 0.917. The molecule has 1 unspecified atom stereocenters. The fourth-order valence-electron chi connectivity index (χ4n) is 1.74. The molecule has 0 fully saturated rings. The fourth-order valence-corrected chi connectivity index (χ4v) is 1.74. The number of rotatable bonds is 10. The van der Waals surface area contributed by atoms with E-state index in [1.165, 1.54) is 25.7 Å². The zero-order valence-corrected chi connectivity index (χ0v) is 9.87. The summed E-state index contributed by atoms with van der Waals surface area (Å²) in [7, 11) is 0. The van der Waals surface area contributed by atoms with Gasteiger partial charge in [0.05, 0.1) is 0 Å². The SMILES string of the molecule is CC(CCCCCCCCN)CC(=O)O. The Labute approximate surface area is 93.0 Å². The lowest BCUT2D eigenvalue weighted by Crippen LogP contribution is -2.03. The summed E-state index contributed by atoms with van der Waals surface area (Å²) in [5, 5.41) is 8.57. The summed E-state index contributed by atoms with van der Waals surface area (Å²) in [4.78, 5) is 10.4. The van der Waals surface area contributed by atoms with E-state index < -0.39 is 5.97 Å². The van der Waals surface area contributed by atoms with Gasteiger partial charge in [-0.1, -0.05) is 45.4 Å². The van der Waals surface area contributed by atoms with E-state index in [-0.39, 0.29) is 0 Å². The predicted octanol–water partition coefficient (Wildman–Crippen LogP) is 2.79. The summed E-state index contributed by atoms with van der Waals surface area (Å²) >= 11 is 0. The first-order chi connectivity index (χ1) is 7.16. The van der Waals surface area contributed by atoms with Gasteiger partial charge in [0.15, 0.2) is 0 Å². The van der Waals surface area contributed by atoms with Crippen LogP contribution in [0, 0.1) is 5.92 Å². The third-order valence-electron chi connectivity index (χ3n) is 2.67. The Balaban J connectivity index is 3.13. The predicted molar refractivity (Wildman–Crippen MR) is 62.8 cm³/mol. The Morgan fingerprint density at radius 3 is 2.20 bits per heavy atom. The van der Waals surface area contributed by atoms with Crippen LogP contribution in [-0.2, 0) is 4.79 Å². The summed E-state index contributed by atoms with van der Waals surface area (Å²) in [5.74, 6) is -0.350. The highest BCUT2D eigenvalue weighted by Gasteiger charge is 2.06. The molecule has 0 heterocycles. The molecular formula is C12H25NO2. The smallest absolute Gasteiger partial charge is 0.303 e. The highest BCUT2D eigenvalue weighted by Crippen LogP contribution is 2.14. The molecule has 0 amide bonds. The molecule has 0 spiro atoms. The van der Waals surface area contributed by atoms with Crippen LogP contribution >= 0.6 is 0 Å². The van der Waals surface area contributed by atoms with Crippen LogP contribution in [0.1, 0.15) is 58.3 Å². The minimum atomic E-state index is -0.676. The quantitative estimate of drug-likeness (QED) is 0.551. The van der Waals surface area contributed by atoms with Crippen molar-refractivity contribution in [1.29, 1.82) is 0 Å². The Kier molecular flexibility index (Phi) is 9.59. The second-order valence-electron chi connectivity index (χ2n) is 4.40. The molecule has 0 saturated heterocycles. The largest absolute Gasteiger partial charge is 0.481 e. The first-order valence-electron chi connectivity index (χ1n) is 6.08. The molecule has 90 valence electrons. The lowest BCUT2D eigenvalue weighted by atomic mass is 9.99. The maximum atomic E-state index is 10.4. The van der Waals surface area contributed by atoms with Crippen molar-refractivity contribution in [2.24, 2.45) is 11.7 Å². The molecule has 0 rings (SSSR count). The minimum Gasteiger partial charge on any atom is -0.481 e. The van der Waals surface area contributed by atoms with Crippen LogP contribution in [-0.4, -0.2) is 17.6 Å². The van der Waals surface area contributed by atoms with Gasteiger partial charge in [0, 0.05) is 6.42 Å². The third kappa shape index (κ3) is 11.4. The third-order valence-corrected chi connectivity index (χ3v) is 2.67. The molecule has 3 heteroatoms. The van der Waals surface area contributed by atoms with Crippen molar-refractivity contribution in [2.75, 3.05) is 6.54 Å². The van der Waals surface area contributed by atoms with Crippen LogP contribution in [0.15, 0.2) is 0 Å². The van der Waals surface area contributed by atoms with Gasteiger partial charge in [-0.15, -0.1) is 0 Å². The summed E-state index contributed by atoms with van der Waals surface area (Å²) in [6.07, 6.45) is 8.66. The van der Waals surface area contributed by atoms with E-state index in [9.17, 15) is 4.79 Å². The molecular weight excluding hydrogens is 190 g/mol. The average Bonchev–Trinajstić information content (AvgIpc) is 2.15. The molecule has 0 saturated carbocycles. The Morgan fingerprint density at radius 1 is 1.13 bits per heavy atom. The Hall–Kier alpha value is -0.570. The zero-order valence-electron chi connectivity index (χ0n) is 9.87. The van der Waals surface area contributed by atoms with Gasteiger partial charge >= 0.3 is 5.97 Å². The molecule has 0 bridgehead atoms. The van der Waals surface area contributed by atoms with Crippen molar-refractivity contribution >= 4 is 5.97 Å². The molecule has 0 aliphatic rings. The van der Waals surface area contributed by atoms with Gasteiger partial charge in [-0.05, 0) is 18.9 Å². The number of hydrogen-bond donors (Lipinski definition) is 2. The molecule has 0 aromatic rings. The highest BCUT2D eigenvalue weighted by atomic mass is 16.4. The molecule has 0 aromatic carbocycles. The molecule has 3 nitrogen and oxygen atoms in total. The second kappa shape index (κ2) is 9.97. The lowest BCUT2D eigenvalue weighted by molar-refractivity contribution is -0.138. The Bertz CT molecular complexity index is 160. The van der Waals surface area contributed by atoms with Crippen molar-refractivity contribution in [3.8, 4) is 0 Å². The van der Waals surface area contributed by atoms with Crippen molar-refractivity contribution < 1.29 is 9.90 Å². The number of carbonyl (C=O) groups is 1. The summed E-state index contributed by atoms with van der Waals surface area (Å²) in [6, 6.07) is 0. The number of aliphatic carboxylic acids is 1. The zero-order chi connectivity index (χ0) is 11.5. The maximum Gasteiger partial charge on any atom is 0.303 e. The van der Waals surface area contributed by atoms with Gasteiger partial charge in [-0.25, -0.2) is 0 Å². The van der Waals surface area contributed by atoms with Crippen LogP contribution in [0.2, 0.25) is 0 Å². The van der Waals surface area contributed by atoms with Gasteiger partial charge in [0.2, 0.25) is 0 Å². The van der Waals surface area contributed by atoms with Crippen LogP contribution in [0.4, 0.5) is 0 Å². The molecule has 0 aliphatic heterocycles. The summed E-state index contributed by atoms with van der Waals surface area (Å²) in [6.45, 7) is 2.82. The van der Waals surface area contributed by atoms with Gasteiger partial charge < -0.3 is 10.8 Å². The number of nitrogens with two attached hydrogens (primary N) is 1. The summed E-state index contributed by atoms with van der Waals surface area (Å²) < 4.78 is 0. The van der Waals surface area contributed by atoms with Crippen molar-refractivity contribution in [1.82, 2.24) is 0 Å². The molecule has 0 aliphatic carbocycles. The van der Waals surface area contributed by atoms with Gasteiger partial charge in [0.25, 0.3) is 0 Å². The Morgan fingerprint density at radius 2 is 1.67 bits per heavy atom. The minimum absolute atomic E-state index is 0.313. The monoisotopic (exact) mass is 215 g/mol. The first kappa shape index (κ1) is 14.4. The number of unbranched alkanes of at least 4 members (excludes halogenated alkanes) is 5. The van der Waals surface area contributed by atoms with E-state index in [1.54, 1.807) is 0 Å². The first-order valence-corrected chi connectivity index (χ1v) is 6.08. The standard InChI is InChI=1S/C12H25NO2/c1-11(10-12(14)15)8-6-4-2-3-5-7-9-13/h11H,2-10,13H2,1H3,(H,14,15). The normalized spacial score (nSPS) is 12.7. The number of carboxylic acid groups (broad SMARTS) is 1. The van der Waals surface area contributed by atoms with Gasteiger partial charge in [0.1, 0.15) is 0 Å². The van der Waals surface area contributed by atoms with E-state index in [0.29, 0.717) is 12.3 Å². The molecule has 3 N–H and O–H groups in total. The average molecular weight is 215 g/mol. The lowest BCUT2D eigenvalue weighted by Gasteiger charge is -2.07. The molecule has 1 atom stereocenters. The van der Waals surface area contributed by atoms with Crippen molar-refractivity contribution in [3.63, 3.8) is 0 Å². The van der Waals surface area contributed by atoms with Crippen LogP contribution in [0.5, 0.6) is 0 Å². The molecule has 0 aromatic heterocycles. The van der Waals surface area contributed by atoms with E-state index in [2.05, 4.69) is 0 Å². The maximum absolute atomic E-state index is 10.4. The summed E-state index contributed by atoms with van der Waals surface area (Å²) in [5.41, 5.74) is 5.40. The molecule has 15 heavy (non-hydrogen) atoms.